The maximum atomic E-state index is 12.9. The summed E-state index contributed by atoms with van der Waals surface area (Å²) in [6.07, 6.45) is 2.59. The van der Waals surface area contributed by atoms with Crippen LogP contribution in [-0.2, 0) is 4.79 Å². The summed E-state index contributed by atoms with van der Waals surface area (Å²) in [5.41, 5.74) is 7.21. The van der Waals surface area contributed by atoms with Crippen molar-refractivity contribution in [2.75, 3.05) is 18.4 Å². The predicted octanol–water partition coefficient (Wildman–Crippen LogP) is 3.56. The molecule has 144 valence electrons. The summed E-state index contributed by atoms with van der Waals surface area (Å²) in [7, 11) is 0. The Kier molecular flexibility index (Phi) is 6.94. The molecule has 2 amide bonds. The molecule has 2 aliphatic rings. The standard InChI is InChI=1S/C19H26ClN3O2.ClH/c1-11(2)7-18(24)22-13-4-5-16(20)14(8-13)19(25)23-9-12-3-6-17(21)15(12)10-23;/h4-5,8,11-12,15,17H,3,6-7,9-10,21H2,1-2H3,(H,22,24);1H. The van der Waals surface area contributed by atoms with Gasteiger partial charge >= 0.3 is 0 Å². The lowest BCUT2D eigenvalue weighted by Crippen LogP contribution is -2.33. The van der Waals surface area contributed by atoms with E-state index in [1.165, 1.54) is 0 Å². The van der Waals surface area contributed by atoms with Gasteiger partial charge in [0.05, 0.1) is 10.6 Å². The van der Waals surface area contributed by atoms with E-state index < -0.39 is 0 Å². The van der Waals surface area contributed by atoms with Crippen molar-refractivity contribution < 1.29 is 9.59 Å². The first-order chi connectivity index (χ1) is 11.8. The number of rotatable bonds is 4. The number of fused-ring (bicyclic) bond motifs is 1. The number of hydrogen-bond donors (Lipinski definition) is 2. The first-order valence-corrected chi connectivity index (χ1v) is 9.37. The number of amides is 2. The minimum Gasteiger partial charge on any atom is -0.338 e. The molecule has 2 fully saturated rings. The number of nitrogens with zero attached hydrogens (tertiary/aromatic N) is 1. The normalized spacial score (nSPS) is 24.3. The molecule has 5 nitrogen and oxygen atoms in total. The van der Waals surface area contributed by atoms with Crippen LogP contribution >= 0.6 is 24.0 Å². The van der Waals surface area contributed by atoms with Gasteiger partial charge in [-0.3, -0.25) is 9.59 Å². The maximum absolute atomic E-state index is 12.9. The van der Waals surface area contributed by atoms with Crippen molar-refractivity contribution in [1.82, 2.24) is 4.90 Å². The molecule has 1 aliphatic heterocycles. The van der Waals surface area contributed by atoms with Gasteiger partial charge in [0.1, 0.15) is 0 Å². The third-order valence-corrected chi connectivity index (χ3v) is 5.60. The Morgan fingerprint density at radius 2 is 2.04 bits per heavy atom. The highest BCUT2D eigenvalue weighted by Crippen LogP contribution is 2.38. The fourth-order valence-corrected chi connectivity index (χ4v) is 4.19. The molecule has 7 heteroatoms. The summed E-state index contributed by atoms with van der Waals surface area (Å²) in [6, 6.07) is 5.27. The Morgan fingerprint density at radius 1 is 1.31 bits per heavy atom. The SMILES string of the molecule is CC(C)CC(=O)Nc1ccc(Cl)c(C(=O)N2CC3CCC(N)C3C2)c1.Cl. The lowest BCUT2D eigenvalue weighted by molar-refractivity contribution is -0.116. The Labute approximate surface area is 166 Å². The molecule has 3 rings (SSSR count). The van der Waals surface area contributed by atoms with Crippen molar-refractivity contribution in [2.45, 2.75) is 39.2 Å². The summed E-state index contributed by atoms with van der Waals surface area (Å²) >= 11 is 6.25. The summed E-state index contributed by atoms with van der Waals surface area (Å²) in [5, 5.41) is 3.26. The molecule has 3 unspecified atom stereocenters. The second-order valence-corrected chi connectivity index (χ2v) is 8.12. The molecule has 0 radical (unpaired) electrons. The van der Waals surface area contributed by atoms with Gasteiger partial charge in [-0.1, -0.05) is 25.4 Å². The van der Waals surface area contributed by atoms with Crippen LogP contribution in [-0.4, -0.2) is 35.8 Å². The number of carbonyl (C=O) groups is 2. The van der Waals surface area contributed by atoms with Crippen LogP contribution in [0.4, 0.5) is 5.69 Å². The predicted molar refractivity (Wildman–Crippen MR) is 107 cm³/mol. The molecule has 1 saturated carbocycles. The second kappa shape index (κ2) is 8.59. The highest BCUT2D eigenvalue weighted by molar-refractivity contribution is 6.34. The van der Waals surface area contributed by atoms with Crippen molar-refractivity contribution in [3.05, 3.63) is 28.8 Å². The van der Waals surface area contributed by atoms with Gasteiger partial charge in [-0.2, -0.15) is 0 Å². The number of anilines is 1. The van der Waals surface area contributed by atoms with Gasteiger partial charge in [0, 0.05) is 31.2 Å². The molecule has 0 aromatic heterocycles. The van der Waals surface area contributed by atoms with E-state index >= 15 is 0 Å². The maximum Gasteiger partial charge on any atom is 0.255 e. The second-order valence-electron chi connectivity index (χ2n) is 7.72. The summed E-state index contributed by atoms with van der Waals surface area (Å²) in [4.78, 5) is 26.7. The number of hydrogen-bond acceptors (Lipinski definition) is 3. The minimum atomic E-state index is -0.0773. The van der Waals surface area contributed by atoms with E-state index in [-0.39, 0.29) is 36.2 Å². The van der Waals surface area contributed by atoms with E-state index in [4.69, 9.17) is 17.3 Å². The largest absolute Gasteiger partial charge is 0.338 e. The van der Waals surface area contributed by atoms with Crippen molar-refractivity contribution in [2.24, 2.45) is 23.5 Å². The minimum absolute atomic E-state index is 0. The Hall–Kier alpha value is -1.30. The lowest BCUT2D eigenvalue weighted by atomic mass is 9.98. The van der Waals surface area contributed by atoms with E-state index in [1.807, 2.05) is 18.7 Å². The van der Waals surface area contributed by atoms with Crippen LogP contribution in [0.3, 0.4) is 0 Å². The van der Waals surface area contributed by atoms with Crippen LogP contribution < -0.4 is 11.1 Å². The van der Waals surface area contributed by atoms with Crippen molar-refractivity contribution in [3.63, 3.8) is 0 Å². The molecule has 0 spiro atoms. The van der Waals surface area contributed by atoms with Gasteiger partial charge in [0.2, 0.25) is 5.91 Å². The lowest BCUT2D eigenvalue weighted by Gasteiger charge is -2.20. The molecular formula is C19H27Cl2N3O2. The highest BCUT2D eigenvalue weighted by atomic mass is 35.5. The molecule has 26 heavy (non-hydrogen) atoms. The average Bonchev–Trinajstić information content (AvgIpc) is 3.10. The van der Waals surface area contributed by atoms with Gasteiger partial charge in [0.15, 0.2) is 0 Å². The topological polar surface area (TPSA) is 75.4 Å². The van der Waals surface area contributed by atoms with Crippen molar-refractivity contribution >= 4 is 41.5 Å². The third-order valence-electron chi connectivity index (χ3n) is 5.27. The van der Waals surface area contributed by atoms with E-state index in [0.29, 0.717) is 41.1 Å². The van der Waals surface area contributed by atoms with Crippen molar-refractivity contribution in [3.8, 4) is 0 Å². The van der Waals surface area contributed by atoms with Crippen molar-refractivity contribution in [1.29, 1.82) is 0 Å². The van der Waals surface area contributed by atoms with E-state index in [1.54, 1.807) is 18.2 Å². The summed E-state index contributed by atoms with van der Waals surface area (Å²) in [6.45, 7) is 5.43. The fourth-order valence-electron chi connectivity index (χ4n) is 3.99. The Balaban J connectivity index is 0.00000243. The quantitative estimate of drug-likeness (QED) is 0.812. The number of nitrogens with one attached hydrogen (secondary N) is 1. The van der Waals surface area contributed by atoms with Gasteiger partial charge < -0.3 is 16.0 Å². The monoisotopic (exact) mass is 399 g/mol. The summed E-state index contributed by atoms with van der Waals surface area (Å²) < 4.78 is 0. The van der Waals surface area contributed by atoms with Crippen LogP contribution in [0.2, 0.25) is 5.02 Å². The zero-order chi connectivity index (χ0) is 18.1. The van der Waals surface area contributed by atoms with Crippen LogP contribution in [0, 0.1) is 17.8 Å². The molecule has 1 aliphatic carbocycles. The number of halogens is 2. The van der Waals surface area contributed by atoms with Gasteiger partial charge in [-0.25, -0.2) is 0 Å². The van der Waals surface area contributed by atoms with E-state index in [0.717, 1.165) is 19.4 Å². The zero-order valence-corrected chi connectivity index (χ0v) is 16.8. The molecule has 1 saturated heterocycles. The number of benzene rings is 1. The summed E-state index contributed by atoms with van der Waals surface area (Å²) in [5.74, 6) is 1.05. The van der Waals surface area contributed by atoms with Crippen LogP contribution in [0.1, 0.15) is 43.5 Å². The number of likely N-dealkylation sites (tertiary alicyclic amines) is 1. The smallest absolute Gasteiger partial charge is 0.255 e. The van der Waals surface area contributed by atoms with Gasteiger partial charge in [-0.15, -0.1) is 12.4 Å². The van der Waals surface area contributed by atoms with Gasteiger partial charge in [0.25, 0.3) is 5.91 Å². The molecule has 3 atom stereocenters. The average molecular weight is 400 g/mol. The third kappa shape index (κ3) is 4.51. The molecular weight excluding hydrogens is 373 g/mol. The molecule has 0 bridgehead atoms. The number of carbonyl (C=O) groups excluding carboxylic acids is 2. The molecule has 1 aromatic carbocycles. The van der Waals surface area contributed by atoms with E-state index in [9.17, 15) is 9.59 Å². The van der Waals surface area contributed by atoms with Crippen LogP contribution in [0.5, 0.6) is 0 Å². The van der Waals surface area contributed by atoms with Crippen LogP contribution in [0.15, 0.2) is 18.2 Å². The molecule has 1 heterocycles. The van der Waals surface area contributed by atoms with E-state index in [2.05, 4.69) is 5.32 Å². The van der Waals surface area contributed by atoms with Crippen LogP contribution in [0.25, 0.3) is 0 Å². The first kappa shape index (κ1) is 21.0. The molecule has 3 N–H and O–H groups in total. The Morgan fingerprint density at radius 3 is 2.69 bits per heavy atom. The fraction of sp³-hybridized carbons (Fsp3) is 0.579. The first-order valence-electron chi connectivity index (χ1n) is 8.99. The number of nitrogens with two attached hydrogens (primary N) is 1. The Bertz CT molecular complexity index is 681. The van der Waals surface area contributed by atoms with Gasteiger partial charge in [-0.05, 0) is 48.8 Å². The molecule has 1 aromatic rings. The zero-order valence-electron chi connectivity index (χ0n) is 15.2. The highest BCUT2D eigenvalue weighted by Gasteiger charge is 2.42.